The maximum absolute atomic E-state index is 12.6. The van der Waals surface area contributed by atoms with Crippen LogP contribution in [0.1, 0.15) is 24.2 Å². The Bertz CT molecular complexity index is 789. The second-order valence-electron chi connectivity index (χ2n) is 6.50. The van der Waals surface area contributed by atoms with Crippen molar-refractivity contribution >= 4 is 29.3 Å². The topological polar surface area (TPSA) is 98.7 Å². The van der Waals surface area contributed by atoms with E-state index in [-0.39, 0.29) is 18.4 Å². The Morgan fingerprint density at radius 3 is 2.00 bits per heavy atom. The highest BCUT2D eigenvalue weighted by Crippen LogP contribution is 2.14. The van der Waals surface area contributed by atoms with Gasteiger partial charge in [-0.3, -0.25) is 9.59 Å². The van der Waals surface area contributed by atoms with Crippen LogP contribution in [0.15, 0.2) is 54.6 Å². The Balaban J connectivity index is 2.01. The molecule has 142 valence electrons. The van der Waals surface area contributed by atoms with Crippen molar-refractivity contribution in [2.45, 2.75) is 13.8 Å². The van der Waals surface area contributed by atoms with Crippen LogP contribution in [0.2, 0.25) is 0 Å². The molecule has 0 heterocycles. The fraction of sp³-hybridized carbons (Fsp3) is 0.250. The lowest BCUT2D eigenvalue weighted by Crippen LogP contribution is -2.38. The molecule has 0 saturated heterocycles. The molecule has 0 bridgehead atoms. The van der Waals surface area contributed by atoms with Gasteiger partial charge in [-0.15, -0.1) is 0 Å². The molecule has 3 amide bonds. The molecule has 0 aromatic heterocycles. The van der Waals surface area contributed by atoms with Crippen LogP contribution in [0.5, 0.6) is 0 Å². The average Bonchev–Trinajstić information content (AvgIpc) is 2.61. The normalized spacial score (nSPS) is 10.3. The van der Waals surface area contributed by atoms with Gasteiger partial charge in [0.1, 0.15) is 6.54 Å². The number of hydrogen-bond donors (Lipinski definition) is 3. The zero-order chi connectivity index (χ0) is 19.8. The number of benzene rings is 2. The molecule has 0 atom stereocenters. The molecule has 27 heavy (non-hydrogen) atoms. The Hall–Kier alpha value is -3.35. The number of nitrogens with one attached hydrogen (secondary N) is 2. The van der Waals surface area contributed by atoms with Crippen molar-refractivity contribution in [2.24, 2.45) is 5.92 Å². The summed E-state index contributed by atoms with van der Waals surface area (Å²) in [7, 11) is 0. The predicted octanol–water partition coefficient (Wildman–Crippen LogP) is 3.51. The number of carbonyl (C=O) groups is 3. The fourth-order valence-corrected chi connectivity index (χ4v) is 2.52. The van der Waals surface area contributed by atoms with Gasteiger partial charge in [-0.25, -0.2) is 4.79 Å². The maximum Gasteiger partial charge on any atom is 0.323 e. The largest absolute Gasteiger partial charge is 0.480 e. The van der Waals surface area contributed by atoms with Crippen molar-refractivity contribution in [2.75, 3.05) is 23.7 Å². The number of hydrogen-bond acceptors (Lipinski definition) is 3. The number of carboxylic acids is 1. The lowest BCUT2D eigenvalue weighted by atomic mass is 10.1. The first-order chi connectivity index (χ1) is 12.8. The molecule has 7 heteroatoms. The second-order valence-corrected chi connectivity index (χ2v) is 6.50. The van der Waals surface area contributed by atoms with Gasteiger partial charge >= 0.3 is 12.0 Å². The maximum atomic E-state index is 12.6. The van der Waals surface area contributed by atoms with Crippen LogP contribution >= 0.6 is 0 Å². The molecule has 0 spiro atoms. The van der Waals surface area contributed by atoms with Gasteiger partial charge in [0.15, 0.2) is 0 Å². The van der Waals surface area contributed by atoms with E-state index in [1.807, 2.05) is 32.0 Å². The molecule has 0 unspecified atom stereocenters. The summed E-state index contributed by atoms with van der Waals surface area (Å²) in [5, 5.41) is 14.4. The molecule has 2 aromatic rings. The Kier molecular flexibility index (Phi) is 6.93. The van der Waals surface area contributed by atoms with Crippen LogP contribution in [0.4, 0.5) is 16.2 Å². The van der Waals surface area contributed by atoms with Gasteiger partial charge in [-0.2, -0.15) is 0 Å². The summed E-state index contributed by atoms with van der Waals surface area (Å²) in [6.45, 7) is 3.84. The monoisotopic (exact) mass is 369 g/mol. The molecule has 2 rings (SSSR count). The third kappa shape index (κ3) is 6.47. The number of anilines is 2. The number of carbonyl (C=O) groups excluding carboxylic acids is 2. The summed E-state index contributed by atoms with van der Waals surface area (Å²) in [5.74, 6) is -1.26. The third-order valence-electron chi connectivity index (χ3n) is 3.62. The number of urea groups is 1. The van der Waals surface area contributed by atoms with Gasteiger partial charge in [0.2, 0.25) is 0 Å². The van der Waals surface area contributed by atoms with Crippen LogP contribution in [0.3, 0.4) is 0 Å². The first kappa shape index (κ1) is 20.0. The zero-order valence-corrected chi connectivity index (χ0v) is 15.3. The van der Waals surface area contributed by atoms with Crippen molar-refractivity contribution in [3.8, 4) is 0 Å². The van der Waals surface area contributed by atoms with Crippen molar-refractivity contribution in [1.29, 1.82) is 0 Å². The van der Waals surface area contributed by atoms with E-state index in [2.05, 4.69) is 10.6 Å². The van der Waals surface area contributed by atoms with E-state index in [1.54, 1.807) is 36.4 Å². The van der Waals surface area contributed by atoms with Crippen LogP contribution in [-0.4, -0.2) is 41.0 Å². The van der Waals surface area contributed by atoms with Crippen LogP contribution in [0.25, 0.3) is 0 Å². The van der Waals surface area contributed by atoms with Crippen molar-refractivity contribution in [3.63, 3.8) is 0 Å². The Labute approximate surface area is 158 Å². The van der Waals surface area contributed by atoms with Crippen molar-refractivity contribution in [1.82, 2.24) is 4.90 Å². The Morgan fingerprint density at radius 2 is 1.48 bits per heavy atom. The minimum atomic E-state index is -1.06. The van der Waals surface area contributed by atoms with Crippen LogP contribution in [0, 0.1) is 5.92 Å². The first-order valence-corrected chi connectivity index (χ1v) is 8.59. The van der Waals surface area contributed by atoms with Crippen LogP contribution in [-0.2, 0) is 4.79 Å². The van der Waals surface area contributed by atoms with Gasteiger partial charge in [0.05, 0.1) is 0 Å². The predicted molar refractivity (Wildman–Crippen MR) is 104 cm³/mol. The molecule has 0 saturated carbocycles. The lowest BCUT2D eigenvalue weighted by Gasteiger charge is -2.22. The number of amides is 3. The molecule has 7 nitrogen and oxygen atoms in total. The van der Waals surface area contributed by atoms with Gasteiger partial charge < -0.3 is 20.6 Å². The van der Waals surface area contributed by atoms with Gasteiger partial charge in [-0.05, 0) is 42.3 Å². The molecular weight excluding hydrogens is 346 g/mol. The number of nitrogens with zero attached hydrogens (tertiary/aromatic N) is 1. The zero-order valence-electron chi connectivity index (χ0n) is 15.3. The lowest BCUT2D eigenvalue weighted by molar-refractivity contribution is -0.137. The van der Waals surface area contributed by atoms with E-state index < -0.39 is 12.0 Å². The van der Waals surface area contributed by atoms with Gasteiger partial charge in [0, 0.05) is 23.5 Å². The molecule has 0 aliphatic heterocycles. The minimum absolute atomic E-state index is 0.149. The molecule has 0 radical (unpaired) electrons. The third-order valence-corrected chi connectivity index (χ3v) is 3.62. The number of rotatable bonds is 7. The van der Waals surface area contributed by atoms with E-state index in [4.69, 9.17) is 5.11 Å². The molecular formula is C20H23N3O4. The van der Waals surface area contributed by atoms with E-state index in [0.717, 1.165) is 0 Å². The second kappa shape index (κ2) is 9.38. The molecule has 3 N–H and O–H groups in total. The van der Waals surface area contributed by atoms with Crippen molar-refractivity contribution in [3.05, 3.63) is 60.2 Å². The quantitative estimate of drug-likeness (QED) is 0.695. The number of para-hydroxylation sites is 1. The number of aliphatic carboxylic acids is 1. The minimum Gasteiger partial charge on any atom is -0.480 e. The SMILES string of the molecule is CC(C)CN(CC(=O)O)C(=O)c1ccc(NC(=O)Nc2ccccc2)cc1. The van der Waals surface area contributed by atoms with E-state index in [1.165, 1.54) is 4.90 Å². The highest BCUT2D eigenvalue weighted by molar-refractivity contribution is 6.00. The molecule has 0 fully saturated rings. The standard InChI is InChI=1S/C20H23N3O4/c1-14(2)12-23(13-18(24)25)19(26)15-8-10-17(11-9-15)22-20(27)21-16-6-4-3-5-7-16/h3-11,14H,12-13H2,1-2H3,(H,24,25)(H2,21,22,27). The average molecular weight is 369 g/mol. The highest BCUT2D eigenvalue weighted by atomic mass is 16.4. The first-order valence-electron chi connectivity index (χ1n) is 8.59. The summed E-state index contributed by atoms with van der Waals surface area (Å²) in [5.41, 5.74) is 1.55. The summed E-state index contributed by atoms with van der Waals surface area (Å²) in [6, 6.07) is 15.0. The van der Waals surface area contributed by atoms with Gasteiger partial charge in [-0.1, -0.05) is 32.0 Å². The Morgan fingerprint density at radius 1 is 0.926 bits per heavy atom. The van der Waals surface area contributed by atoms with E-state index in [9.17, 15) is 14.4 Å². The summed E-state index contributed by atoms with van der Waals surface area (Å²) >= 11 is 0. The molecule has 0 aliphatic carbocycles. The smallest absolute Gasteiger partial charge is 0.323 e. The van der Waals surface area contributed by atoms with E-state index >= 15 is 0 Å². The van der Waals surface area contributed by atoms with Gasteiger partial charge in [0.25, 0.3) is 5.91 Å². The molecule has 2 aromatic carbocycles. The summed E-state index contributed by atoms with van der Waals surface area (Å²) in [6.07, 6.45) is 0. The van der Waals surface area contributed by atoms with Crippen LogP contribution < -0.4 is 10.6 Å². The molecule has 0 aliphatic rings. The van der Waals surface area contributed by atoms with Crippen molar-refractivity contribution < 1.29 is 19.5 Å². The number of carboxylic acid groups (broad SMARTS) is 1. The summed E-state index contributed by atoms with van der Waals surface area (Å²) in [4.78, 5) is 36.8. The van der Waals surface area contributed by atoms with E-state index in [0.29, 0.717) is 23.5 Å². The fourth-order valence-electron chi connectivity index (χ4n) is 2.52. The highest BCUT2D eigenvalue weighted by Gasteiger charge is 2.19. The summed E-state index contributed by atoms with van der Waals surface area (Å²) < 4.78 is 0.